The van der Waals surface area contributed by atoms with Gasteiger partial charge in [-0.2, -0.15) is 0 Å². The van der Waals surface area contributed by atoms with E-state index in [2.05, 4.69) is 33.8 Å². The Morgan fingerprint density at radius 1 is 0.792 bits per heavy atom. The molecular weight excluding hydrogens is 361 g/mol. The van der Waals surface area contributed by atoms with Crippen molar-refractivity contribution in [2.75, 3.05) is 0 Å². The Morgan fingerprint density at radius 3 is 1.50 bits per heavy atom. The minimum absolute atomic E-state index is 0.959. The normalized spacial score (nSPS) is 13.9. The van der Waals surface area contributed by atoms with Gasteiger partial charge < -0.3 is 0 Å². The first-order valence-corrected chi connectivity index (χ1v) is 12.2. The molecule has 3 heterocycles. The summed E-state index contributed by atoms with van der Waals surface area (Å²) in [5.74, 6) is 0. The van der Waals surface area contributed by atoms with Crippen molar-refractivity contribution >= 4 is 27.0 Å². The quantitative estimate of drug-likeness (QED) is 0.498. The van der Waals surface area contributed by atoms with Crippen LogP contribution >= 0.6 is 0 Å². The molecule has 0 aliphatic heterocycles. The first-order valence-electron chi connectivity index (χ1n) is 8.05. The van der Waals surface area contributed by atoms with Crippen LogP contribution in [0.15, 0.2) is 90.1 Å². The summed E-state index contributed by atoms with van der Waals surface area (Å²) in [4.78, 5) is 0. The molecule has 0 N–H and O–H groups in total. The number of allylic oxidation sites excluding steroid dienone is 4. The van der Waals surface area contributed by atoms with E-state index in [4.69, 9.17) is 13.3 Å². The Kier molecular flexibility index (Phi) is 4.72. The predicted molar refractivity (Wildman–Crippen MR) is 98.6 cm³/mol. The van der Waals surface area contributed by atoms with Crippen LogP contribution in [0.3, 0.4) is 0 Å². The van der Waals surface area contributed by atoms with Gasteiger partial charge in [0.25, 0.3) is 0 Å². The zero-order valence-electron chi connectivity index (χ0n) is 14.5. The van der Waals surface area contributed by atoms with Crippen molar-refractivity contribution in [1.29, 1.82) is 0 Å². The molecule has 4 heteroatoms. The maximum absolute atomic E-state index is 5.94. The maximum atomic E-state index is 5.94. The van der Waals surface area contributed by atoms with Crippen molar-refractivity contribution in [1.82, 2.24) is 0 Å². The molecule has 0 amide bonds. The monoisotopic (exact) mass is 384 g/mol. The summed E-state index contributed by atoms with van der Waals surface area (Å²) >= 11 is -3.35. The molecule has 0 radical (unpaired) electrons. The fourth-order valence-corrected chi connectivity index (χ4v) is 12.4. The zero-order valence-corrected chi connectivity index (χ0v) is 16.6. The van der Waals surface area contributed by atoms with Crippen LogP contribution in [-0.4, -0.2) is 13.3 Å². The molecule has 3 rings (SSSR count). The molecule has 24 heavy (non-hydrogen) atoms. The number of furan rings is 3. The SMILES string of the molecule is C/C=C(C)/C(C)=[C](\C)[Ge]([c]1ccco1)([c]1ccco1)[c]1ccco1. The van der Waals surface area contributed by atoms with Crippen LogP contribution in [0.4, 0.5) is 0 Å². The molecule has 3 aromatic rings. The summed E-state index contributed by atoms with van der Waals surface area (Å²) < 4.78 is 22.0. The van der Waals surface area contributed by atoms with E-state index in [1.807, 2.05) is 36.4 Å². The van der Waals surface area contributed by atoms with Crippen LogP contribution in [0.2, 0.25) is 0 Å². The molecule has 0 aliphatic rings. The van der Waals surface area contributed by atoms with Crippen molar-refractivity contribution in [2.45, 2.75) is 27.7 Å². The van der Waals surface area contributed by atoms with Crippen molar-refractivity contribution in [3.05, 3.63) is 76.8 Å². The fraction of sp³-hybridized carbons (Fsp3) is 0.200. The van der Waals surface area contributed by atoms with Gasteiger partial charge in [0.15, 0.2) is 0 Å². The van der Waals surface area contributed by atoms with Crippen LogP contribution in [-0.2, 0) is 0 Å². The van der Waals surface area contributed by atoms with Gasteiger partial charge in [-0.05, 0) is 0 Å². The Labute approximate surface area is 145 Å². The molecule has 0 saturated heterocycles. The fourth-order valence-electron chi connectivity index (χ4n) is 3.19. The molecule has 3 nitrogen and oxygen atoms in total. The van der Waals surface area contributed by atoms with Gasteiger partial charge in [0.1, 0.15) is 0 Å². The summed E-state index contributed by atoms with van der Waals surface area (Å²) in [6.45, 7) is 8.56. The third-order valence-electron chi connectivity index (χ3n) is 4.82. The van der Waals surface area contributed by atoms with E-state index in [-0.39, 0.29) is 0 Å². The molecule has 0 unspecified atom stereocenters. The van der Waals surface area contributed by atoms with Crippen LogP contribution in [0.25, 0.3) is 0 Å². The molecule has 0 spiro atoms. The van der Waals surface area contributed by atoms with Gasteiger partial charge in [0.2, 0.25) is 0 Å². The van der Waals surface area contributed by atoms with Crippen LogP contribution in [0.1, 0.15) is 27.7 Å². The second kappa shape index (κ2) is 6.77. The Bertz CT molecular complexity index is 751. The van der Waals surface area contributed by atoms with Crippen LogP contribution in [0.5, 0.6) is 0 Å². The standard InChI is InChI=1S/C20H22GeO3/c1-5-15(2)16(3)17(4)21(18-9-6-12-22-18,19-10-7-13-23-19)20-11-8-14-24-20/h5-14H,1-4H3/b15-5+,17-16+. The van der Waals surface area contributed by atoms with E-state index in [0.29, 0.717) is 0 Å². The van der Waals surface area contributed by atoms with E-state index in [9.17, 15) is 0 Å². The zero-order chi connectivity index (χ0) is 17.2. The Hall–Kier alpha value is -2.14. The van der Waals surface area contributed by atoms with Crippen molar-refractivity contribution in [3.63, 3.8) is 0 Å². The summed E-state index contributed by atoms with van der Waals surface area (Å²) in [5, 5.41) is 0. The molecule has 0 saturated carbocycles. The molecule has 3 aromatic heterocycles. The predicted octanol–water partition coefficient (Wildman–Crippen LogP) is 3.78. The topological polar surface area (TPSA) is 39.4 Å². The van der Waals surface area contributed by atoms with Gasteiger partial charge in [-0.3, -0.25) is 0 Å². The second-order valence-corrected chi connectivity index (χ2v) is 13.7. The van der Waals surface area contributed by atoms with Crippen LogP contribution in [0, 0.1) is 0 Å². The third kappa shape index (κ3) is 2.53. The second-order valence-electron chi connectivity index (χ2n) is 5.90. The van der Waals surface area contributed by atoms with Crippen molar-refractivity contribution in [3.8, 4) is 0 Å². The van der Waals surface area contributed by atoms with Gasteiger partial charge in [-0.25, -0.2) is 0 Å². The van der Waals surface area contributed by atoms with Crippen LogP contribution < -0.4 is 13.8 Å². The summed E-state index contributed by atoms with van der Waals surface area (Å²) in [6.07, 6.45) is 7.32. The van der Waals surface area contributed by atoms with Crippen molar-refractivity contribution in [2.24, 2.45) is 0 Å². The van der Waals surface area contributed by atoms with E-state index >= 15 is 0 Å². The van der Waals surface area contributed by atoms with Gasteiger partial charge in [0, 0.05) is 0 Å². The average molecular weight is 383 g/mol. The van der Waals surface area contributed by atoms with E-state index < -0.39 is 13.3 Å². The van der Waals surface area contributed by atoms with E-state index in [0.717, 1.165) is 13.8 Å². The average Bonchev–Trinajstić information content (AvgIpc) is 3.36. The summed E-state index contributed by atoms with van der Waals surface area (Å²) in [5.41, 5.74) is 2.52. The van der Waals surface area contributed by atoms with E-state index in [1.54, 1.807) is 18.8 Å². The number of hydrogen-bond acceptors (Lipinski definition) is 3. The van der Waals surface area contributed by atoms with E-state index in [1.165, 1.54) is 15.6 Å². The summed E-state index contributed by atoms with van der Waals surface area (Å²) in [6, 6.07) is 12.0. The third-order valence-corrected chi connectivity index (χ3v) is 14.4. The molecule has 0 atom stereocenters. The van der Waals surface area contributed by atoms with Gasteiger partial charge in [-0.15, -0.1) is 0 Å². The number of rotatable bonds is 5. The Balaban J connectivity index is 2.41. The number of hydrogen-bond donors (Lipinski definition) is 0. The first-order chi connectivity index (χ1) is 11.6. The van der Waals surface area contributed by atoms with Gasteiger partial charge in [-0.1, -0.05) is 0 Å². The molecule has 0 fully saturated rings. The minimum atomic E-state index is -3.35. The molecular formula is C20H22GeO3. The van der Waals surface area contributed by atoms with Crippen molar-refractivity contribution < 1.29 is 13.3 Å². The Morgan fingerprint density at radius 2 is 1.21 bits per heavy atom. The summed E-state index contributed by atoms with van der Waals surface area (Å²) in [7, 11) is 0. The molecule has 0 aliphatic carbocycles. The van der Waals surface area contributed by atoms with Gasteiger partial charge >= 0.3 is 145 Å². The first kappa shape index (κ1) is 16.7. The van der Waals surface area contributed by atoms with Gasteiger partial charge in [0.05, 0.1) is 0 Å². The molecule has 0 bridgehead atoms. The molecule has 124 valence electrons. The molecule has 0 aromatic carbocycles.